The van der Waals surface area contributed by atoms with Gasteiger partial charge in [0.15, 0.2) is 0 Å². The molecule has 1 saturated heterocycles. The monoisotopic (exact) mass is 455 g/mol. The van der Waals surface area contributed by atoms with E-state index >= 15 is 0 Å². The lowest BCUT2D eigenvalue weighted by molar-refractivity contribution is -0.135. The van der Waals surface area contributed by atoms with Gasteiger partial charge in [-0.3, -0.25) is 14.4 Å². The lowest BCUT2D eigenvalue weighted by Crippen LogP contribution is -2.68. The highest BCUT2D eigenvalue weighted by Gasteiger charge is 2.46. The number of halogens is 1. The number of nitrogens with zero attached hydrogens (tertiary/aromatic N) is 1. The first-order chi connectivity index (χ1) is 15.5. The number of carbonyl (C=O) groups excluding carboxylic acids is 3. The fraction of sp³-hybridized carbons (Fsp3) is 0.375. The van der Waals surface area contributed by atoms with Crippen LogP contribution in [0.5, 0.6) is 5.75 Å². The number of anilines is 1. The number of hydrogen-bond donors (Lipinski definition) is 2. The quantitative estimate of drug-likeness (QED) is 0.720. The summed E-state index contributed by atoms with van der Waals surface area (Å²) in [7, 11) is 1.56. The second kappa shape index (κ2) is 9.61. The van der Waals surface area contributed by atoms with E-state index in [-0.39, 0.29) is 36.2 Å². The predicted molar refractivity (Wildman–Crippen MR) is 122 cm³/mol. The average molecular weight is 456 g/mol. The van der Waals surface area contributed by atoms with Crippen molar-refractivity contribution in [3.05, 3.63) is 59.1 Å². The summed E-state index contributed by atoms with van der Waals surface area (Å²) >= 11 is 6.00. The molecule has 0 radical (unpaired) electrons. The summed E-state index contributed by atoms with van der Waals surface area (Å²) in [4.78, 5) is 41.0. The van der Waals surface area contributed by atoms with Crippen LogP contribution in [0, 0.1) is 0 Å². The van der Waals surface area contributed by atoms with Crippen molar-refractivity contribution in [1.82, 2.24) is 10.2 Å². The minimum atomic E-state index is -0.886. The van der Waals surface area contributed by atoms with Crippen LogP contribution in [0.3, 0.4) is 0 Å². The van der Waals surface area contributed by atoms with E-state index in [2.05, 4.69) is 10.6 Å². The Labute approximate surface area is 192 Å². The van der Waals surface area contributed by atoms with Gasteiger partial charge in [0.25, 0.3) is 5.91 Å². The maximum Gasteiger partial charge on any atom is 0.254 e. The van der Waals surface area contributed by atoms with E-state index in [1.165, 1.54) is 0 Å². The van der Waals surface area contributed by atoms with Crippen LogP contribution >= 0.6 is 11.6 Å². The third-order valence-corrected chi connectivity index (χ3v) is 6.35. The lowest BCUT2D eigenvalue weighted by Gasteiger charge is -2.48. The third kappa shape index (κ3) is 4.72. The van der Waals surface area contributed by atoms with Crippen LogP contribution in [0.2, 0.25) is 5.02 Å². The summed E-state index contributed by atoms with van der Waals surface area (Å²) in [6, 6.07) is 12.5. The number of nitrogens with one attached hydrogen (secondary N) is 2. The first-order valence-electron chi connectivity index (χ1n) is 10.8. The van der Waals surface area contributed by atoms with Crippen LogP contribution in [-0.2, 0) is 9.59 Å². The Bertz CT molecular complexity index is 1010. The van der Waals surface area contributed by atoms with E-state index < -0.39 is 6.04 Å². The highest BCUT2D eigenvalue weighted by molar-refractivity contribution is 6.30. The summed E-state index contributed by atoms with van der Waals surface area (Å²) in [5.41, 5.74) is 1.01. The molecule has 3 atom stereocenters. The van der Waals surface area contributed by atoms with Gasteiger partial charge in [0.2, 0.25) is 11.8 Å². The summed E-state index contributed by atoms with van der Waals surface area (Å²) in [5.74, 6) is -0.253. The average Bonchev–Trinajstić information content (AvgIpc) is 2.79. The minimum absolute atomic E-state index is 0.0920. The predicted octanol–water partition coefficient (Wildman–Crippen LogP) is 3.63. The molecule has 2 fully saturated rings. The molecule has 0 unspecified atom stereocenters. The van der Waals surface area contributed by atoms with Crippen LogP contribution in [0.1, 0.15) is 42.5 Å². The third-order valence-electron chi connectivity index (χ3n) is 6.11. The van der Waals surface area contributed by atoms with E-state index in [1.54, 1.807) is 60.5 Å². The molecule has 8 heteroatoms. The van der Waals surface area contributed by atoms with Gasteiger partial charge in [0.1, 0.15) is 11.8 Å². The fourth-order valence-electron chi connectivity index (χ4n) is 4.57. The van der Waals surface area contributed by atoms with Crippen molar-refractivity contribution in [2.45, 2.75) is 50.2 Å². The highest BCUT2D eigenvalue weighted by Crippen LogP contribution is 2.31. The number of fused-ring (bicyclic) bond motifs is 1. The van der Waals surface area contributed by atoms with Gasteiger partial charge >= 0.3 is 0 Å². The molecule has 4 rings (SSSR count). The van der Waals surface area contributed by atoms with Crippen molar-refractivity contribution < 1.29 is 19.1 Å². The summed E-state index contributed by atoms with van der Waals surface area (Å²) < 4.78 is 5.18. The number of benzene rings is 2. The second-order valence-corrected chi connectivity index (χ2v) is 8.62. The Morgan fingerprint density at radius 3 is 2.62 bits per heavy atom. The Hall–Kier alpha value is -3.06. The summed E-state index contributed by atoms with van der Waals surface area (Å²) in [5, 5.41) is 6.33. The van der Waals surface area contributed by atoms with Crippen LogP contribution in [0.25, 0.3) is 0 Å². The standard InChI is InChI=1S/C24H26ClN3O4/c1-32-18-11-9-15(10-12-18)24(31)28-20-8-3-2-7-19(20)27-23(30)21(28)14-22(29)26-17-6-4-5-16(25)13-17/h4-6,9-13,19-21H,2-3,7-8,14H2,1H3,(H,26,29)(H,27,30)/t19-,20-,21-/m0/s1. The molecule has 0 bridgehead atoms. The lowest BCUT2D eigenvalue weighted by atomic mass is 9.84. The second-order valence-electron chi connectivity index (χ2n) is 8.19. The van der Waals surface area contributed by atoms with Gasteiger partial charge in [-0.05, 0) is 55.3 Å². The number of ether oxygens (including phenoxy) is 1. The zero-order chi connectivity index (χ0) is 22.7. The van der Waals surface area contributed by atoms with E-state index in [0.717, 1.165) is 25.7 Å². The van der Waals surface area contributed by atoms with Gasteiger partial charge < -0.3 is 20.3 Å². The van der Waals surface area contributed by atoms with Crippen molar-refractivity contribution in [1.29, 1.82) is 0 Å². The Balaban J connectivity index is 1.59. The number of piperazine rings is 1. The van der Waals surface area contributed by atoms with Crippen molar-refractivity contribution in [3.8, 4) is 5.75 Å². The topological polar surface area (TPSA) is 87.7 Å². The van der Waals surface area contributed by atoms with Gasteiger partial charge in [-0.25, -0.2) is 0 Å². The molecule has 1 aliphatic heterocycles. The molecule has 32 heavy (non-hydrogen) atoms. The molecule has 1 aliphatic carbocycles. The SMILES string of the molecule is COc1ccc(C(=O)N2[C@@H](CC(=O)Nc3cccc(Cl)c3)C(=O)N[C@H]3CCCC[C@@H]32)cc1. The van der Waals surface area contributed by atoms with Gasteiger partial charge in [0, 0.05) is 22.3 Å². The van der Waals surface area contributed by atoms with Crippen LogP contribution in [-0.4, -0.2) is 47.9 Å². The molecule has 1 heterocycles. The number of amides is 3. The number of hydrogen-bond acceptors (Lipinski definition) is 4. The van der Waals surface area contributed by atoms with Crippen molar-refractivity contribution in [2.75, 3.05) is 12.4 Å². The van der Waals surface area contributed by atoms with Crippen LogP contribution in [0.15, 0.2) is 48.5 Å². The molecule has 7 nitrogen and oxygen atoms in total. The van der Waals surface area contributed by atoms with Crippen LogP contribution in [0.4, 0.5) is 5.69 Å². The molecular weight excluding hydrogens is 430 g/mol. The number of carbonyl (C=O) groups is 3. The zero-order valence-corrected chi connectivity index (χ0v) is 18.6. The number of methoxy groups -OCH3 is 1. The fourth-order valence-corrected chi connectivity index (χ4v) is 4.76. The van der Waals surface area contributed by atoms with Crippen molar-refractivity contribution >= 4 is 35.0 Å². The first kappa shape index (κ1) is 22.1. The summed E-state index contributed by atoms with van der Waals surface area (Å²) in [6.07, 6.45) is 3.46. The Morgan fingerprint density at radius 2 is 1.91 bits per heavy atom. The normalized spacial score (nSPS) is 22.5. The number of rotatable bonds is 5. The first-order valence-corrected chi connectivity index (χ1v) is 11.2. The largest absolute Gasteiger partial charge is 0.497 e. The van der Waals surface area contributed by atoms with E-state index in [4.69, 9.17) is 16.3 Å². The van der Waals surface area contributed by atoms with E-state index in [0.29, 0.717) is 22.0 Å². The molecule has 0 spiro atoms. The smallest absolute Gasteiger partial charge is 0.254 e. The Kier molecular flexibility index (Phi) is 6.65. The van der Waals surface area contributed by atoms with Crippen molar-refractivity contribution in [3.63, 3.8) is 0 Å². The van der Waals surface area contributed by atoms with Crippen molar-refractivity contribution in [2.24, 2.45) is 0 Å². The zero-order valence-electron chi connectivity index (χ0n) is 17.8. The maximum absolute atomic E-state index is 13.6. The molecule has 1 saturated carbocycles. The molecule has 3 amide bonds. The molecule has 2 aromatic rings. The minimum Gasteiger partial charge on any atom is -0.497 e. The molecule has 0 aromatic heterocycles. The molecule has 2 aliphatic rings. The summed E-state index contributed by atoms with van der Waals surface area (Å²) in [6.45, 7) is 0. The highest BCUT2D eigenvalue weighted by atomic mass is 35.5. The Morgan fingerprint density at radius 1 is 1.16 bits per heavy atom. The van der Waals surface area contributed by atoms with Gasteiger partial charge in [-0.1, -0.05) is 30.5 Å². The molecule has 168 valence electrons. The van der Waals surface area contributed by atoms with Gasteiger partial charge in [0.05, 0.1) is 19.6 Å². The molecule has 2 aromatic carbocycles. The van der Waals surface area contributed by atoms with E-state index in [9.17, 15) is 14.4 Å². The van der Waals surface area contributed by atoms with Gasteiger partial charge in [-0.15, -0.1) is 0 Å². The van der Waals surface area contributed by atoms with Crippen LogP contribution < -0.4 is 15.4 Å². The maximum atomic E-state index is 13.6. The molecular formula is C24H26ClN3O4. The van der Waals surface area contributed by atoms with E-state index in [1.807, 2.05) is 0 Å². The van der Waals surface area contributed by atoms with Gasteiger partial charge in [-0.2, -0.15) is 0 Å². The molecule has 2 N–H and O–H groups in total.